The van der Waals surface area contributed by atoms with Crippen molar-refractivity contribution in [1.82, 2.24) is 9.36 Å². The molecule has 1 aliphatic carbocycles. The number of rotatable bonds is 2. The molecule has 4 nitrogen and oxygen atoms in total. The lowest BCUT2D eigenvalue weighted by Gasteiger charge is -2.32. The van der Waals surface area contributed by atoms with E-state index in [0.717, 1.165) is 17.6 Å². The first-order valence-corrected chi connectivity index (χ1v) is 6.79. The van der Waals surface area contributed by atoms with Crippen LogP contribution in [-0.2, 0) is 4.74 Å². The average Bonchev–Trinajstić information content (AvgIpc) is 2.87. The molecule has 1 N–H and O–H groups in total. The highest BCUT2D eigenvalue weighted by Crippen LogP contribution is 2.36. The Morgan fingerprint density at radius 2 is 2.31 bits per heavy atom. The van der Waals surface area contributed by atoms with Crippen LogP contribution in [0.3, 0.4) is 0 Å². The van der Waals surface area contributed by atoms with E-state index in [1.54, 1.807) is 0 Å². The van der Waals surface area contributed by atoms with Gasteiger partial charge < -0.3 is 10.1 Å². The lowest BCUT2D eigenvalue weighted by atomic mass is 9.82. The summed E-state index contributed by atoms with van der Waals surface area (Å²) in [4.78, 5) is 4.37. The van der Waals surface area contributed by atoms with Gasteiger partial charge in [-0.25, -0.2) is 4.98 Å². The Labute approximate surface area is 99.6 Å². The minimum Gasteiger partial charge on any atom is -0.378 e. The third-order valence-electron chi connectivity index (χ3n) is 3.62. The molecule has 1 aromatic heterocycles. The summed E-state index contributed by atoms with van der Waals surface area (Å²) >= 11 is 1.46. The SMILES string of the molecule is Cc1nsc(NC2CCCC3OCCC23)n1. The van der Waals surface area contributed by atoms with Gasteiger partial charge in [-0.2, -0.15) is 4.37 Å². The maximum atomic E-state index is 5.76. The molecular weight excluding hydrogens is 222 g/mol. The summed E-state index contributed by atoms with van der Waals surface area (Å²) < 4.78 is 9.96. The molecule has 1 saturated carbocycles. The number of fused-ring (bicyclic) bond motifs is 1. The van der Waals surface area contributed by atoms with Crippen molar-refractivity contribution in [3.05, 3.63) is 5.82 Å². The molecule has 3 atom stereocenters. The molecule has 3 unspecified atom stereocenters. The number of nitrogens with one attached hydrogen (secondary N) is 1. The number of aryl methyl sites for hydroxylation is 1. The van der Waals surface area contributed by atoms with E-state index in [1.165, 1.54) is 37.2 Å². The topological polar surface area (TPSA) is 47.0 Å². The Bertz CT molecular complexity index is 368. The predicted molar refractivity (Wildman–Crippen MR) is 63.8 cm³/mol. The molecule has 0 amide bonds. The van der Waals surface area contributed by atoms with Gasteiger partial charge in [0.25, 0.3) is 0 Å². The molecule has 0 aromatic carbocycles. The minimum absolute atomic E-state index is 0.486. The quantitative estimate of drug-likeness (QED) is 0.859. The highest BCUT2D eigenvalue weighted by molar-refractivity contribution is 7.09. The van der Waals surface area contributed by atoms with E-state index < -0.39 is 0 Å². The van der Waals surface area contributed by atoms with Crippen LogP contribution in [0.15, 0.2) is 0 Å². The van der Waals surface area contributed by atoms with Crippen LogP contribution in [-0.4, -0.2) is 28.1 Å². The molecule has 88 valence electrons. The Balaban J connectivity index is 1.69. The van der Waals surface area contributed by atoms with Crippen LogP contribution >= 0.6 is 11.5 Å². The first-order chi connectivity index (χ1) is 7.83. The van der Waals surface area contributed by atoms with E-state index in [1.807, 2.05) is 6.92 Å². The van der Waals surface area contributed by atoms with Crippen LogP contribution in [0.25, 0.3) is 0 Å². The Hall–Kier alpha value is -0.680. The molecule has 5 heteroatoms. The monoisotopic (exact) mass is 239 g/mol. The summed E-state index contributed by atoms with van der Waals surface area (Å²) in [6, 6.07) is 0.536. The summed E-state index contributed by atoms with van der Waals surface area (Å²) in [5.41, 5.74) is 0. The first-order valence-electron chi connectivity index (χ1n) is 6.01. The van der Waals surface area contributed by atoms with Gasteiger partial charge in [0.2, 0.25) is 5.13 Å². The Kier molecular flexibility index (Phi) is 2.81. The average molecular weight is 239 g/mol. The standard InChI is InChI=1S/C11H17N3OS/c1-7-12-11(16-14-7)13-9-3-2-4-10-8(9)5-6-15-10/h8-10H,2-6H2,1H3,(H,12,13,14). The van der Waals surface area contributed by atoms with Gasteiger partial charge in [-0.05, 0) is 32.6 Å². The van der Waals surface area contributed by atoms with Crippen molar-refractivity contribution in [2.45, 2.75) is 44.8 Å². The zero-order chi connectivity index (χ0) is 11.0. The molecular formula is C11H17N3OS. The van der Waals surface area contributed by atoms with Gasteiger partial charge >= 0.3 is 0 Å². The van der Waals surface area contributed by atoms with Gasteiger partial charge in [-0.1, -0.05) is 0 Å². The second kappa shape index (κ2) is 4.30. The number of hydrogen-bond acceptors (Lipinski definition) is 5. The van der Waals surface area contributed by atoms with Crippen LogP contribution < -0.4 is 5.32 Å². The fourth-order valence-corrected chi connectivity index (χ4v) is 3.51. The second-order valence-electron chi connectivity index (χ2n) is 4.69. The van der Waals surface area contributed by atoms with E-state index in [2.05, 4.69) is 14.7 Å². The first kappa shape index (κ1) is 10.5. The lowest BCUT2D eigenvalue weighted by molar-refractivity contribution is 0.0620. The van der Waals surface area contributed by atoms with Crippen molar-refractivity contribution in [1.29, 1.82) is 0 Å². The van der Waals surface area contributed by atoms with Crippen molar-refractivity contribution in [2.75, 3.05) is 11.9 Å². The molecule has 1 aliphatic heterocycles. The maximum absolute atomic E-state index is 5.76. The van der Waals surface area contributed by atoms with Gasteiger partial charge in [-0.15, -0.1) is 0 Å². The number of anilines is 1. The molecule has 0 spiro atoms. The Morgan fingerprint density at radius 1 is 1.38 bits per heavy atom. The molecule has 2 fully saturated rings. The van der Waals surface area contributed by atoms with Crippen molar-refractivity contribution in [3.63, 3.8) is 0 Å². The normalized spacial score (nSPS) is 33.7. The molecule has 0 radical (unpaired) electrons. The van der Waals surface area contributed by atoms with Crippen LogP contribution in [0.1, 0.15) is 31.5 Å². The van der Waals surface area contributed by atoms with E-state index in [9.17, 15) is 0 Å². The van der Waals surface area contributed by atoms with Gasteiger partial charge in [0.1, 0.15) is 5.82 Å². The lowest BCUT2D eigenvalue weighted by Crippen LogP contribution is -2.38. The second-order valence-corrected chi connectivity index (χ2v) is 5.44. The summed E-state index contributed by atoms with van der Waals surface area (Å²) in [5.74, 6) is 1.54. The van der Waals surface area contributed by atoms with Crippen LogP contribution in [0.2, 0.25) is 0 Å². The number of aromatic nitrogens is 2. The van der Waals surface area contributed by atoms with Crippen molar-refractivity contribution < 1.29 is 4.74 Å². The van der Waals surface area contributed by atoms with Gasteiger partial charge in [0.15, 0.2) is 0 Å². The molecule has 16 heavy (non-hydrogen) atoms. The maximum Gasteiger partial charge on any atom is 0.202 e. The van der Waals surface area contributed by atoms with E-state index >= 15 is 0 Å². The van der Waals surface area contributed by atoms with Crippen LogP contribution in [0.4, 0.5) is 5.13 Å². The molecule has 3 rings (SSSR count). The van der Waals surface area contributed by atoms with E-state index in [-0.39, 0.29) is 0 Å². The van der Waals surface area contributed by atoms with E-state index in [4.69, 9.17) is 4.74 Å². The molecule has 0 bridgehead atoms. The largest absolute Gasteiger partial charge is 0.378 e. The zero-order valence-electron chi connectivity index (χ0n) is 9.48. The van der Waals surface area contributed by atoms with Crippen molar-refractivity contribution >= 4 is 16.7 Å². The van der Waals surface area contributed by atoms with Gasteiger partial charge in [0, 0.05) is 30.1 Å². The molecule has 1 saturated heterocycles. The Morgan fingerprint density at radius 3 is 3.12 bits per heavy atom. The summed E-state index contributed by atoms with van der Waals surface area (Å²) in [6.07, 6.45) is 5.41. The summed E-state index contributed by atoms with van der Waals surface area (Å²) in [5, 5.41) is 4.51. The molecule has 2 aliphatic rings. The predicted octanol–water partition coefficient (Wildman–Crippen LogP) is 2.22. The fourth-order valence-electron chi connectivity index (χ4n) is 2.87. The molecule has 1 aromatic rings. The van der Waals surface area contributed by atoms with Crippen molar-refractivity contribution in [3.8, 4) is 0 Å². The smallest absolute Gasteiger partial charge is 0.202 e. The molecule has 2 heterocycles. The van der Waals surface area contributed by atoms with Gasteiger partial charge in [0.05, 0.1) is 6.10 Å². The van der Waals surface area contributed by atoms with Crippen molar-refractivity contribution in [2.24, 2.45) is 5.92 Å². The van der Waals surface area contributed by atoms with Gasteiger partial charge in [-0.3, -0.25) is 0 Å². The summed E-state index contributed by atoms with van der Waals surface area (Å²) in [7, 11) is 0. The highest BCUT2D eigenvalue weighted by atomic mass is 32.1. The third-order valence-corrected chi connectivity index (χ3v) is 4.36. The fraction of sp³-hybridized carbons (Fsp3) is 0.818. The highest BCUT2D eigenvalue weighted by Gasteiger charge is 2.37. The zero-order valence-corrected chi connectivity index (χ0v) is 10.3. The summed E-state index contributed by atoms with van der Waals surface area (Å²) in [6.45, 7) is 2.87. The number of nitrogens with zero attached hydrogens (tertiary/aromatic N) is 2. The third kappa shape index (κ3) is 1.94. The number of hydrogen-bond donors (Lipinski definition) is 1. The number of ether oxygens (including phenoxy) is 1. The van der Waals surface area contributed by atoms with E-state index in [0.29, 0.717) is 18.1 Å². The van der Waals surface area contributed by atoms with Crippen LogP contribution in [0.5, 0.6) is 0 Å². The minimum atomic E-state index is 0.486. The van der Waals surface area contributed by atoms with Crippen LogP contribution in [0, 0.1) is 12.8 Å².